The molecule has 1 aliphatic heterocycles. The van der Waals surface area contributed by atoms with Gasteiger partial charge in [-0.05, 0) is 18.6 Å². The molecule has 6 heteroatoms. The number of methoxy groups -OCH3 is 1. The lowest BCUT2D eigenvalue weighted by molar-refractivity contribution is 0.106. The van der Waals surface area contributed by atoms with E-state index in [9.17, 15) is 0 Å². The average molecular weight is 338 g/mol. The van der Waals surface area contributed by atoms with E-state index in [0.717, 1.165) is 42.4 Å². The molecule has 0 N–H and O–H groups in total. The number of nitrogens with zero attached hydrogens (tertiary/aromatic N) is 4. The highest BCUT2D eigenvalue weighted by Crippen LogP contribution is 2.34. The fourth-order valence-electron chi connectivity index (χ4n) is 3.49. The zero-order valence-corrected chi connectivity index (χ0v) is 14.5. The molecule has 130 valence electrons. The van der Waals surface area contributed by atoms with Crippen LogP contribution in [-0.4, -0.2) is 39.4 Å². The van der Waals surface area contributed by atoms with Crippen LogP contribution in [0.15, 0.2) is 53.2 Å². The molecular weight excluding hydrogens is 316 g/mol. The van der Waals surface area contributed by atoms with Crippen molar-refractivity contribution in [2.45, 2.75) is 25.1 Å². The van der Waals surface area contributed by atoms with Crippen LogP contribution in [0.3, 0.4) is 0 Å². The van der Waals surface area contributed by atoms with Crippen molar-refractivity contribution in [2.75, 3.05) is 13.7 Å². The van der Waals surface area contributed by atoms with E-state index in [1.807, 2.05) is 35.9 Å². The minimum atomic E-state index is 0.183. The van der Waals surface area contributed by atoms with Gasteiger partial charge in [0.1, 0.15) is 23.7 Å². The lowest BCUT2D eigenvalue weighted by Crippen LogP contribution is -2.26. The Kier molecular flexibility index (Phi) is 4.38. The Hall–Kier alpha value is -2.44. The summed E-state index contributed by atoms with van der Waals surface area (Å²) in [7, 11) is 3.75. The fourth-order valence-corrected chi connectivity index (χ4v) is 3.49. The number of aromatic nitrogens is 3. The van der Waals surface area contributed by atoms with E-state index in [-0.39, 0.29) is 12.1 Å². The lowest BCUT2D eigenvalue weighted by Gasteiger charge is -2.22. The van der Waals surface area contributed by atoms with Crippen LogP contribution in [0.1, 0.15) is 24.0 Å². The Morgan fingerprint density at radius 3 is 2.76 bits per heavy atom. The highest BCUT2D eigenvalue weighted by molar-refractivity contribution is 5.57. The van der Waals surface area contributed by atoms with Crippen LogP contribution in [-0.2, 0) is 18.3 Å². The summed E-state index contributed by atoms with van der Waals surface area (Å²) in [4.78, 5) is 2.35. The predicted molar refractivity (Wildman–Crippen MR) is 93.7 cm³/mol. The first-order valence-corrected chi connectivity index (χ1v) is 8.49. The van der Waals surface area contributed by atoms with Crippen LogP contribution in [0, 0.1) is 0 Å². The largest absolute Gasteiger partial charge is 0.460 e. The normalized spacial score (nSPS) is 21.0. The Labute approximate surface area is 147 Å². The molecule has 3 heterocycles. The Morgan fingerprint density at radius 2 is 2.04 bits per heavy atom. The van der Waals surface area contributed by atoms with Crippen molar-refractivity contribution >= 4 is 0 Å². The van der Waals surface area contributed by atoms with Gasteiger partial charge in [-0.1, -0.05) is 30.3 Å². The summed E-state index contributed by atoms with van der Waals surface area (Å²) in [5, 5.41) is 8.32. The van der Waals surface area contributed by atoms with E-state index in [4.69, 9.17) is 9.15 Å². The van der Waals surface area contributed by atoms with Gasteiger partial charge < -0.3 is 13.7 Å². The molecule has 1 aliphatic rings. The summed E-state index contributed by atoms with van der Waals surface area (Å²) in [5.41, 5.74) is 1.09. The molecule has 2 atom stereocenters. The standard InChI is InChI=1S/C19H22N4O2/c1-22-13-20-21-19(22)17-10-16(24-2)12-23(17)11-15-8-9-18(25-15)14-6-4-3-5-7-14/h3-9,13,16-17H,10-12H2,1-2H3/t16-,17+/m1/s1. The number of likely N-dealkylation sites (tertiary alicyclic amines) is 1. The maximum Gasteiger partial charge on any atom is 0.150 e. The van der Waals surface area contributed by atoms with Gasteiger partial charge >= 0.3 is 0 Å². The summed E-state index contributed by atoms with van der Waals surface area (Å²) in [6.07, 6.45) is 2.86. The molecule has 25 heavy (non-hydrogen) atoms. The number of hydrogen-bond donors (Lipinski definition) is 0. The molecule has 0 unspecified atom stereocenters. The molecule has 0 saturated carbocycles. The van der Waals surface area contributed by atoms with Gasteiger partial charge in [-0.3, -0.25) is 4.90 Å². The maximum atomic E-state index is 6.07. The minimum Gasteiger partial charge on any atom is -0.460 e. The number of rotatable bonds is 5. The number of furan rings is 1. The summed E-state index contributed by atoms with van der Waals surface area (Å²) in [6.45, 7) is 1.58. The van der Waals surface area contributed by atoms with Crippen molar-refractivity contribution in [2.24, 2.45) is 7.05 Å². The van der Waals surface area contributed by atoms with Gasteiger partial charge in [-0.15, -0.1) is 10.2 Å². The predicted octanol–water partition coefficient (Wildman–Crippen LogP) is 3.04. The van der Waals surface area contributed by atoms with Crippen LogP contribution >= 0.6 is 0 Å². The summed E-state index contributed by atoms with van der Waals surface area (Å²) >= 11 is 0. The number of aryl methyl sites for hydroxylation is 1. The molecule has 3 aromatic rings. The second-order valence-electron chi connectivity index (χ2n) is 6.47. The van der Waals surface area contributed by atoms with E-state index < -0.39 is 0 Å². The lowest BCUT2D eigenvalue weighted by atomic mass is 10.2. The van der Waals surface area contributed by atoms with E-state index >= 15 is 0 Å². The molecule has 0 radical (unpaired) electrons. The van der Waals surface area contributed by atoms with Crippen molar-refractivity contribution < 1.29 is 9.15 Å². The van der Waals surface area contributed by atoms with Crippen LogP contribution in [0.5, 0.6) is 0 Å². The highest BCUT2D eigenvalue weighted by Gasteiger charge is 2.36. The smallest absolute Gasteiger partial charge is 0.150 e. The molecule has 0 spiro atoms. The molecule has 1 saturated heterocycles. The second-order valence-corrected chi connectivity index (χ2v) is 6.47. The Morgan fingerprint density at radius 1 is 1.20 bits per heavy atom. The van der Waals surface area contributed by atoms with E-state index in [2.05, 4.69) is 33.3 Å². The molecule has 2 aromatic heterocycles. The van der Waals surface area contributed by atoms with Crippen LogP contribution in [0.4, 0.5) is 0 Å². The van der Waals surface area contributed by atoms with Crippen molar-refractivity contribution in [3.05, 3.63) is 60.4 Å². The first kappa shape index (κ1) is 16.1. The SMILES string of the molecule is CO[C@@H]1C[C@@H](c2nncn2C)N(Cc2ccc(-c3ccccc3)o2)C1. The summed E-state index contributed by atoms with van der Waals surface area (Å²) in [5.74, 6) is 2.81. The molecule has 0 amide bonds. The zero-order chi connectivity index (χ0) is 17.2. The van der Waals surface area contributed by atoms with Gasteiger partial charge in [0, 0.05) is 26.3 Å². The molecular formula is C19H22N4O2. The monoisotopic (exact) mass is 338 g/mol. The fraction of sp³-hybridized carbons (Fsp3) is 0.368. The molecule has 0 bridgehead atoms. The maximum absolute atomic E-state index is 6.07. The van der Waals surface area contributed by atoms with Crippen molar-refractivity contribution in [1.29, 1.82) is 0 Å². The molecule has 1 fully saturated rings. The molecule has 1 aromatic carbocycles. The topological polar surface area (TPSA) is 56.3 Å². The van der Waals surface area contributed by atoms with Crippen LogP contribution < -0.4 is 0 Å². The van der Waals surface area contributed by atoms with Gasteiger partial charge in [0.15, 0.2) is 0 Å². The molecule has 6 nitrogen and oxygen atoms in total. The summed E-state index contributed by atoms with van der Waals surface area (Å²) < 4.78 is 13.6. The van der Waals surface area contributed by atoms with Crippen LogP contribution in [0.25, 0.3) is 11.3 Å². The molecule has 0 aliphatic carbocycles. The summed E-state index contributed by atoms with van der Waals surface area (Å²) in [6, 6.07) is 14.4. The minimum absolute atomic E-state index is 0.183. The van der Waals surface area contributed by atoms with Gasteiger partial charge in [-0.25, -0.2) is 0 Å². The average Bonchev–Trinajstić information content (AvgIpc) is 3.36. The highest BCUT2D eigenvalue weighted by atomic mass is 16.5. The third-order valence-electron chi connectivity index (χ3n) is 4.82. The van der Waals surface area contributed by atoms with Gasteiger partial charge in [0.25, 0.3) is 0 Å². The van der Waals surface area contributed by atoms with Crippen molar-refractivity contribution in [3.8, 4) is 11.3 Å². The second kappa shape index (κ2) is 6.82. The van der Waals surface area contributed by atoms with Gasteiger partial charge in [0.05, 0.1) is 18.7 Å². The number of ether oxygens (including phenoxy) is 1. The van der Waals surface area contributed by atoms with E-state index in [1.54, 1.807) is 13.4 Å². The van der Waals surface area contributed by atoms with Gasteiger partial charge in [-0.2, -0.15) is 0 Å². The van der Waals surface area contributed by atoms with E-state index in [0.29, 0.717) is 0 Å². The molecule has 4 rings (SSSR count). The quantitative estimate of drug-likeness (QED) is 0.716. The van der Waals surface area contributed by atoms with Crippen LogP contribution in [0.2, 0.25) is 0 Å². The Balaban J connectivity index is 1.54. The van der Waals surface area contributed by atoms with Gasteiger partial charge in [0.2, 0.25) is 0 Å². The van der Waals surface area contributed by atoms with Crippen molar-refractivity contribution in [3.63, 3.8) is 0 Å². The third kappa shape index (κ3) is 3.23. The van der Waals surface area contributed by atoms with E-state index in [1.165, 1.54) is 0 Å². The number of hydrogen-bond acceptors (Lipinski definition) is 5. The third-order valence-corrected chi connectivity index (χ3v) is 4.82. The van der Waals surface area contributed by atoms with Crippen molar-refractivity contribution in [1.82, 2.24) is 19.7 Å². The number of benzene rings is 1. The zero-order valence-electron chi connectivity index (χ0n) is 14.5. The first-order chi connectivity index (χ1) is 12.2. The first-order valence-electron chi connectivity index (χ1n) is 8.49. The Bertz CT molecular complexity index is 827.